The molecule has 4 heterocycles. The lowest BCUT2D eigenvalue weighted by atomic mass is 9.74. The van der Waals surface area contributed by atoms with Crippen LogP contribution in [0.25, 0.3) is 0 Å². The van der Waals surface area contributed by atoms with Crippen molar-refractivity contribution in [1.29, 1.82) is 0 Å². The van der Waals surface area contributed by atoms with Crippen LogP contribution in [-0.2, 0) is 25.7 Å². The van der Waals surface area contributed by atoms with Crippen molar-refractivity contribution >= 4 is 35.3 Å². The third-order valence-corrected chi connectivity index (χ3v) is 11.2. The molecule has 14 heteroatoms. The predicted molar refractivity (Wildman–Crippen MR) is 143 cm³/mol. The van der Waals surface area contributed by atoms with E-state index in [1.165, 1.54) is 27.7 Å². The maximum atomic E-state index is 13.4. The zero-order valence-electron chi connectivity index (χ0n) is 22.6. The number of nitrogens with one attached hydrogen (secondary N) is 2. The number of aliphatic carboxylic acids is 1. The Morgan fingerprint density at radius 3 is 2.62 bits per heavy atom. The molecule has 4 fully saturated rings. The van der Waals surface area contributed by atoms with Crippen molar-refractivity contribution in [2.24, 2.45) is 35.3 Å². The summed E-state index contributed by atoms with van der Waals surface area (Å²) in [6, 6.07) is -0.844. The number of ketones is 1. The van der Waals surface area contributed by atoms with Gasteiger partial charge in [0, 0.05) is 40.6 Å². The summed E-state index contributed by atoms with van der Waals surface area (Å²) in [7, 11) is 0. The second kappa shape index (κ2) is 10.5. The first kappa shape index (κ1) is 27.3. The minimum atomic E-state index is -1.13. The van der Waals surface area contributed by atoms with Crippen LogP contribution >= 0.6 is 11.8 Å². The molecular weight excluding hydrogens is 536 g/mol. The number of aromatic nitrogens is 4. The Morgan fingerprint density at radius 2 is 1.98 bits per heavy atom. The molecule has 1 unspecified atom stereocenters. The normalized spacial score (nSPS) is 37.3. The Balaban J connectivity index is 1.09. The van der Waals surface area contributed by atoms with Gasteiger partial charge in [0.15, 0.2) is 5.78 Å². The molecule has 5 N–H and O–H groups in total. The fraction of sp³-hybridized carbons (Fsp3) is 0.731. The van der Waals surface area contributed by atoms with E-state index >= 15 is 0 Å². The Bertz CT molecular complexity index is 1230. The molecule has 2 saturated carbocycles. The summed E-state index contributed by atoms with van der Waals surface area (Å²) in [5, 5.41) is 27.0. The number of carbonyl (C=O) groups excluding carboxylic acids is 3. The molecule has 0 aromatic carbocycles. The molecule has 0 radical (unpaired) electrons. The summed E-state index contributed by atoms with van der Waals surface area (Å²) in [6.07, 6.45) is 5.96. The highest BCUT2D eigenvalue weighted by Gasteiger charge is 2.60. The number of carbonyl (C=O) groups is 4. The van der Waals surface area contributed by atoms with E-state index in [1.54, 1.807) is 6.92 Å². The van der Waals surface area contributed by atoms with Gasteiger partial charge in [-0.15, -0.1) is 16.9 Å². The lowest BCUT2D eigenvalue weighted by molar-refractivity contribution is -0.158. The van der Waals surface area contributed by atoms with Crippen molar-refractivity contribution in [3.8, 4) is 0 Å². The second-order valence-electron chi connectivity index (χ2n) is 12.1. The Kier molecular flexibility index (Phi) is 7.20. The molecule has 2 amide bonds. The third kappa shape index (κ3) is 4.63. The largest absolute Gasteiger partial charge is 0.477 e. The van der Waals surface area contributed by atoms with E-state index in [2.05, 4.69) is 26.2 Å². The smallest absolute Gasteiger partial charge is 0.353 e. The third-order valence-electron chi connectivity index (χ3n) is 9.72. The molecule has 2 aliphatic carbocycles. The van der Waals surface area contributed by atoms with Crippen molar-refractivity contribution < 1.29 is 24.3 Å². The van der Waals surface area contributed by atoms with Crippen LogP contribution in [-0.4, -0.2) is 89.7 Å². The summed E-state index contributed by atoms with van der Waals surface area (Å²) in [4.78, 5) is 53.4. The molecule has 2 saturated heterocycles. The zero-order valence-corrected chi connectivity index (χ0v) is 23.4. The maximum absolute atomic E-state index is 13.4. The number of amides is 2. The van der Waals surface area contributed by atoms with Crippen molar-refractivity contribution in [1.82, 2.24) is 35.7 Å². The Hall–Kier alpha value is -2.84. The number of thioether (sulfide) groups is 1. The highest BCUT2D eigenvalue weighted by Crippen LogP contribution is 2.52. The highest BCUT2D eigenvalue weighted by molar-refractivity contribution is 8.03. The van der Waals surface area contributed by atoms with Gasteiger partial charge >= 0.3 is 5.97 Å². The van der Waals surface area contributed by atoms with Gasteiger partial charge in [0.1, 0.15) is 18.6 Å². The van der Waals surface area contributed by atoms with Crippen LogP contribution in [0.4, 0.5) is 0 Å². The standard InChI is InChI=1S/C26H36N8O5S/c1-11-21-19(12(2)30-18(35)9-33-10-29-31-32-33)25(37)34(21)22(26(38)39)24(11)40-16-7-17(28-8-16)23(36)15-5-13-3-4-14(6-15)20(13)27/h10-17,19-21,28H,3-9,27H2,1-2H3,(H,30,35)(H,38,39)/t11-,12-,13-,14+,15?,16+,17+,19-,20+,21-/m1/s1. The predicted octanol–water partition coefficient (Wildman–Crippen LogP) is -0.253. The quantitative estimate of drug-likeness (QED) is 0.286. The monoisotopic (exact) mass is 572 g/mol. The molecule has 6 rings (SSSR count). The number of carboxylic acid groups (broad SMARTS) is 1. The maximum Gasteiger partial charge on any atom is 0.353 e. The van der Waals surface area contributed by atoms with Gasteiger partial charge in [-0.1, -0.05) is 6.92 Å². The van der Waals surface area contributed by atoms with Gasteiger partial charge in [-0.25, -0.2) is 9.48 Å². The van der Waals surface area contributed by atoms with Gasteiger partial charge in [0.25, 0.3) is 0 Å². The molecule has 0 spiro atoms. The lowest BCUT2D eigenvalue weighted by Crippen LogP contribution is -2.66. The average Bonchev–Trinajstić information content (AvgIpc) is 3.66. The average molecular weight is 573 g/mol. The summed E-state index contributed by atoms with van der Waals surface area (Å²) >= 11 is 1.48. The van der Waals surface area contributed by atoms with Gasteiger partial charge in [-0.05, 0) is 61.3 Å². The molecule has 2 bridgehead atoms. The number of nitrogens with zero attached hydrogens (tertiary/aromatic N) is 5. The first-order valence-corrected chi connectivity index (χ1v) is 15.0. The van der Waals surface area contributed by atoms with E-state index in [1.807, 2.05) is 6.92 Å². The van der Waals surface area contributed by atoms with Crippen LogP contribution in [0.5, 0.6) is 0 Å². The summed E-state index contributed by atoms with van der Waals surface area (Å²) in [5.41, 5.74) is 6.37. The first-order valence-electron chi connectivity index (χ1n) is 14.1. The fourth-order valence-electron chi connectivity index (χ4n) is 7.77. The van der Waals surface area contributed by atoms with Crippen LogP contribution in [0.2, 0.25) is 0 Å². The van der Waals surface area contributed by atoms with Crippen LogP contribution in [0.1, 0.15) is 46.0 Å². The van der Waals surface area contributed by atoms with Crippen molar-refractivity contribution in [3.05, 3.63) is 16.9 Å². The molecular formula is C26H36N8O5S. The number of rotatable bonds is 9. The molecule has 40 heavy (non-hydrogen) atoms. The van der Waals surface area contributed by atoms with Gasteiger partial charge in [-0.3, -0.25) is 14.4 Å². The van der Waals surface area contributed by atoms with Crippen molar-refractivity contribution in [2.75, 3.05) is 6.54 Å². The first-order chi connectivity index (χ1) is 19.1. The number of β-lactam (4-membered cyclic amide) rings is 1. The lowest BCUT2D eigenvalue weighted by Gasteiger charge is -2.47. The number of fused-ring (bicyclic) bond motifs is 3. The van der Waals surface area contributed by atoms with Gasteiger partial charge < -0.3 is 26.4 Å². The van der Waals surface area contributed by atoms with Crippen LogP contribution in [0, 0.1) is 29.6 Å². The summed E-state index contributed by atoms with van der Waals surface area (Å²) in [6.45, 7) is 4.23. The number of hydrogen-bond donors (Lipinski definition) is 4. The number of hydrogen-bond acceptors (Lipinski definition) is 10. The van der Waals surface area contributed by atoms with E-state index < -0.39 is 17.9 Å². The minimum absolute atomic E-state index is 0.0311. The van der Waals surface area contributed by atoms with Gasteiger partial charge in [0.05, 0.1) is 18.0 Å². The summed E-state index contributed by atoms with van der Waals surface area (Å²) < 4.78 is 1.29. The van der Waals surface area contributed by atoms with Gasteiger partial charge in [0.2, 0.25) is 11.8 Å². The zero-order chi connectivity index (χ0) is 28.3. The van der Waals surface area contributed by atoms with Crippen molar-refractivity contribution in [3.63, 3.8) is 0 Å². The van der Waals surface area contributed by atoms with Crippen LogP contribution in [0.3, 0.4) is 0 Å². The molecule has 216 valence electrons. The fourth-order valence-corrected chi connectivity index (χ4v) is 9.25. The SMILES string of the molecule is C[C@@H](NC(=O)Cn1cnnn1)[C@H]1C(=O)N2C(C(=O)O)=C(S[C@@H]3CN[C@H](C(=O)C4C[C@H]5CC[C@@H](C4)[C@H]5N)C3)[C@H](C)[C@H]12. The Labute approximate surface area is 236 Å². The van der Waals surface area contributed by atoms with E-state index in [9.17, 15) is 24.3 Å². The van der Waals surface area contributed by atoms with Crippen LogP contribution in [0.15, 0.2) is 16.9 Å². The molecule has 13 nitrogen and oxygen atoms in total. The number of Topliss-reactive ketones (excluding diaryl/α,β-unsaturated/α-hetero) is 1. The molecule has 5 aliphatic rings. The van der Waals surface area contributed by atoms with E-state index in [0.717, 1.165) is 25.7 Å². The highest BCUT2D eigenvalue weighted by atomic mass is 32.2. The van der Waals surface area contributed by atoms with Crippen molar-refractivity contribution in [2.45, 2.75) is 81.9 Å². The Morgan fingerprint density at radius 1 is 1.25 bits per heavy atom. The summed E-state index contributed by atoms with van der Waals surface area (Å²) in [5.74, 6) is -1.30. The van der Waals surface area contributed by atoms with E-state index in [4.69, 9.17) is 5.73 Å². The topological polar surface area (TPSA) is 185 Å². The molecule has 1 aromatic heterocycles. The van der Waals surface area contributed by atoms with Crippen LogP contribution < -0.4 is 16.4 Å². The minimum Gasteiger partial charge on any atom is -0.477 e. The number of nitrogens with two attached hydrogens (primary N) is 1. The van der Waals surface area contributed by atoms with E-state index in [0.29, 0.717) is 29.7 Å². The second-order valence-corrected chi connectivity index (χ2v) is 13.4. The molecule has 3 aliphatic heterocycles. The number of carboxylic acids is 1. The number of tetrazole rings is 1. The molecule has 1 aromatic rings. The van der Waals surface area contributed by atoms with Gasteiger partial charge in [-0.2, -0.15) is 0 Å². The molecule has 10 atom stereocenters. The van der Waals surface area contributed by atoms with E-state index in [-0.39, 0.29) is 65.1 Å².